The average Bonchev–Trinajstić information content (AvgIpc) is 3.39. The second-order valence-corrected chi connectivity index (χ2v) is 18.6. The van der Waals surface area contributed by atoms with E-state index < -0.39 is 22.9 Å². The number of hydrogen-bond acceptors (Lipinski definition) is 0. The zero-order chi connectivity index (χ0) is 23.1. The first-order chi connectivity index (χ1) is 16.6. The van der Waals surface area contributed by atoms with Gasteiger partial charge in [0.2, 0.25) is 0 Å². The monoisotopic (exact) mass is 622 g/mol. The topological polar surface area (TPSA) is 0 Å². The van der Waals surface area contributed by atoms with Crippen molar-refractivity contribution in [3.63, 3.8) is 0 Å². The Morgan fingerprint density at radius 1 is 0.765 bits per heavy atom. The third kappa shape index (κ3) is 3.84. The number of fused-ring (bicyclic) bond motifs is 2. The van der Waals surface area contributed by atoms with Crippen molar-refractivity contribution >= 4 is 26.0 Å². The first-order valence-electron chi connectivity index (χ1n) is 11.9. The summed E-state index contributed by atoms with van der Waals surface area (Å²) in [5, 5.41) is 1.52. The number of aryl methyl sites for hydroxylation is 1. The van der Waals surface area contributed by atoms with Gasteiger partial charge in [0, 0.05) is 0 Å². The van der Waals surface area contributed by atoms with Crippen molar-refractivity contribution in [2.24, 2.45) is 0 Å². The van der Waals surface area contributed by atoms with Crippen molar-refractivity contribution < 1.29 is 22.9 Å². The van der Waals surface area contributed by atoms with E-state index in [9.17, 15) is 0 Å². The minimum absolute atomic E-state index is 0.215. The van der Waals surface area contributed by atoms with Gasteiger partial charge in [0.15, 0.2) is 0 Å². The van der Waals surface area contributed by atoms with Crippen LogP contribution in [-0.2, 0) is 25.8 Å². The molecule has 3 atom stereocenters. The molecule has 0 spiro atoms. The van der Waals surface area contributed by atoms with E-state index >= 15 is 0 Å². The Morgan fingerprint density at radius 3 is 2.38 bits per heavy atom. The Kier molecular flexibility index (Phi) is 5.88. The van der Waals surface area contributed by atoms with Gasteiger partial charge in [-0.05, 0) is 0 Å². The summed E-state index contributed by atoms with van der Waals surface area (Å²) in [6, 6.07) is 36.0. The van der Waals surface area contributed by atoms with Crippen LogP contribution in [0.15, 0.2) is 109 Å². The van der Waals surface area contributed by atoms with Gasteiger partial charge >= 0.3 is 217 Å². The van der Waals surface area contributed by atoms with Crippen molar-refractivity contribution in [3.8, 4) is 11.1 Å². The van der Waals surface area contributed by atoms with Gasteiger partial charge in [0.25, 0.3) is 0 Å². The summed E-state index contributed by atoms with van der Waals surface area (Å²) in [5.41, 5.74) is 11.7. The Hall–Kier alpha value is -2.34. The predicted octanol–water partition coefficient (Wildman–Crippen LogP) is 8.09. The summed E-state index contributed by atoms with van der Waals surface area (Å²) in [4.78, 5) is 0. The molecule has 34 heavy (non-hydrogen) atoms. The molecule has 0 saturated heterocycles. The van der Waals surface area contributed by atoms with Gasteiger partial charge in [0.05, 0.1) is 0 Å². The molecular formula is C32H27HfP. The molecule has 0 heterocycles. The Morgan fingerprint density at radius 2 is 1.53 bits per heavy atom. The zero-order valence-corrected chi connectivity index (χ0v) is 24.1. The van der Waals surface area contributed by atoms with Gasteiger partial charge in [-0.15, -0.1) is 0 Å². The summed E-state index contributed by atoms with van der Waals surface area (Å²) < 4.78 is 0.832. The molecule has 0 N–H and O–H groups in total. The van der Waals surface area contributed by atoms with E-state index in [1.165, 1.54) is 33.1 Å². The van der Waals surface area contributed by atoms with Gasteiger partial charge < -0.3 is 0 Å². The van der Waals surface area contributed by atoms with E-state index in [1.807, 2.05) is 0 Å². The molecule has 0 fully saturated rings. The fourth-order valence-electron chi connectivity index (χ4n) is 5.34. The van der Waals surface area contributed by atoms with E-state index in [0.717, 1.165) is 8.58 Å². The number of rotatable bonds is 5. The molecule has 2 heteroatoms. The number of benzene rings is 4. The van der Waals surface area contributed by atoms with Crippen LogP contribution in [0.3, 0.4) is 0 Å². The van der Waals surface area contributed by atoms with E-state index in [2.05, 4.69) is 129 Å². The van der Waals surface area contributed by atoms with Crippen LogP contribution in [0.1, 0.15) is 38.4 Å². The summed E-state index contributed by atoms with van der Waals surface area (Å²) in [5.74, 6) is 0. The van der Waals surface area contributed by atoms with Crippen LogP contribution in [0.5, 0.6) is 0 Å². The van der Waals surface area contributed by atoms with Crippen LogP contribution in [0.25, 0.3) is 23.3 Å². The summed E-state index contributed by atoms with van der Waals surface area (Å²) in [6.45, 7) is 4.65. The molecule has 164 valence electrons. The van der Waals surface area contributed by atoms with Crippen molar-refractivity contribution in [1.82, 2.24) is 0 Å². The summed E-state index contributed by atoms with van der Waals surface area (Å²) in [6.07, 6.45) is 7.49. The van der Waals surface area contributed by atoms with Crippen LogP contribution in [0.4, 0.5) is 0 Å². The molecule has 0 radical (unpaired) electrons. The SMILES string of the molecule is CC1=Cc2c(-c3ccccc3)cccc2[CH]1[Hf][C]1(Pc2ccccc2C)C=Cc2ccccc21. The van der Waals surface area contributed by atoms with Crippen LogP contribution in [-0.4, -0.2) is 0 Å². The molecule has 0 bridgehead atoms. The summed E-state index contributed by atoms with van der Waals surface area (Å²) >= 11 is -1.29. The van der Waals surface area contributed by atoms with Crippen LogP contribution in [0, 0.1) is 6.92 Å². The van der Waals surface area contributed by atoms with E-state index in [0.29, 0.717) is 3.67 Å². The summed E-state index contributed by atoms with van der Waals surface area (Å²) in [7, 11) is 0.790. The zero-order valence-electron chi connectivity index (χ0n) is 19.5. The third-order valence-corrected chi connectivity index (χ3v) is 18.3. The second kappa shape index (κ2) is 9.03. The third-order valence-electron chi connectivity index (χ3n) is 7.11. The molecule has 0 saturated carbocycles. The molecule has 2 aliphatic rings. The molecule has 4 aromatic rings. The van der Waals surface area contributed by atoms with Crippen LogP contribution < -0.4 is 5.30 Å². The van der Waals surface area contributed by atoms with Crippen molar-refractivity contribution in [2.75, 3.05) is 0 Å². The van der Waals surface area contributed by atoms with E-state index in [4.69, 9.17) is 0 Å². The molecular weight excluding hydrogens is 594 g/mol. The maximum atomic E-state index is 2.60. The molecule has 0 aliphatic heterocycles. The fraction of sp³-hybridized carbons (Fsp3) is 0.125. The molecule has 0 amide bonds. The van der Waals surface area contributed by atoms with E-state index in [1.54, 1.807) is 16.7 Å². The van der Waals surface area contributed by atoms with Gasteiger partial charge in [0.1, 0.15) is 0 Å². The van der Waals surface area contributed by atoms with Gasteiger partial charge in [-0.3, -0.25) is 0 Å². The van der Waals surface area contributed by atoms with Gasteiger partial charge in [-0.2, -0.15) is 0 Å². The normalized spacial score (nSPS) is 20.4. The molecule has 2 aliphatic carbocycles. The first kappa shape index (κ1) is 22.1. The molecule has 4 aromatic carbocycles. The quantitative estimate of drug-likeness (QED) is 0.156. The minimum atomic E-state index is -1.29. The van der Waals surface area contributed by atoms with E-state index in [-0.39, 0.29) is 2.91 Å². The molecule has 0 nitrogen and oxygen atoms in total. The van der Waals surface area contributed by atoms with Crippen molar-refractivity contribution in [3.05, 3.63) is 137 Å². The van der Waals surface area contributed by atoms with Gasteiger partial charge in [-0.1, -0.05) is 0 Å². The number of hydrogen-bond donors (Lipinski definition) is 0. The molecule has 0 aromatic heterocycles. The Balaban J connectivity index is 1.44. The predicted molar refractivity (Wildman–Crippen MR) is 145 cm³/mol. The van der Waals surface area contributed by atoms with Crippen molar-refractivity contribution in [1.29, 1.82) is 0 Å². The Bertz CT molecular complexity index is 1430. The molecule has 6 rings (SSSR count). The average molecular weight is 621 g/mol. The molecule has 3 unspecified atom stereocenters. The Labute approximate surface area is 216 Å². The first-order valence-corrected chi connectivity index (χ1v) is 16.8. The van der Waals surface area contributed by atoms with Crippen molar-refractivity contribution in [2.45, 2.75) is 20.4 Å². The maximum absolute atomic E-state index is 2.60. The fourth-order valence-corrected chi connectivity index (χ4v) is 16.5. The standard InChI is InChI=1S/C16H14P.C16H13.Hf/c1-12-6-2-5-9-15(12)17-16-11-10-13-7-3-4-8-14(13)16;1-12-10-14-8-5-9-15(16(14)11-12)13-6-3-2-4-7-13;/h2-11,17H,1H3;2-11H,1H3;. The van der Waals surface area contributed by atoms with Gasteiger partial charge in [-0.25, -0.2) is 0 Å². The van der Waals surface area contributed by atoms with Crippen LogP contribution >= 0.6 is 8.58 Å². The number of allylic oxidation sites excluding steroid dienone is 2. The van der Waals surface area contributed by atoms with Crippen LogP contribution in [0.2, 0.25) is 0 Å². The second-order valence-electron chi connectivity index (χ2n) is 9.31.